The van der Waals surface area contributed by atoms with Crippen LogP contribution in [0.5, 0.6) is 0 Å². The molecule has 2 saturated heterocycles. The van der Waals surface area contributed by atoms with E-state index in [2.05, 4.69) is 34.8 Å². The van der Waals surface area contributed by atoms with Gasteiger partial charge in [-0.1, -0.05) is 30.3 Å². The third-order valence-corrected chi connectivity index (χ3v) is 5.60. The van der Waals surface area contributed by atoms with E-state index in [1.165, 1.54) is 18.4 Å². The average Bonchev–Trinajstić information content (AvgIpc) is 3.21. The highest BCUT2D eigenvalue weighted by Gasteiger charge is 2.34. The zero-order chi connectivity index (χ0) is 17.2. The lowest BCUT2D eigenvalue weighted by Crippen LogP contribution is -2.39. The van der Waals surface area contributed by atoms with Crippen LogP contribution in [0.2, 0.25) is 0 Å². The van der Waals surface area contributed by atoms with Gasteiger partial charge in [-0.25, -0.2) is 0 Å². The first-order chi connectivity index (χ1) is 12.2. The van der Waals surface area contributed by atoms with Crippen LogP contribution in [0.15, 0.2) is 42.6 Å². The van der Waals surface area contributed by atoms with Gasteiger partial charge in [-0.2, -0.15) is 5.10 Å². The zero-order valence-electron chi connectivity index (χ0n) is 14.7. The lowest BCUT2D eigenvalue weighted by atomic mass is 9.89. The predicted octanol–water partition coefficient (Wildman–Crippen LogP) is 3.35. The minimum absolute atomic E-state index is 0.0870. The Morgan fingerprint density at radius 3 is 2.68 bits per heavy atom. The summed E-state index contributed by atoms with van der Waals surface area (Å²) in [6.07, 6.45) is 7.33. The van der Waals surface area contributed by atoms with Gasteiger partial charge in [0, 0.05) is 30.8 Å². The van der Waals surface area contributed by atoms with Crippen LogP contribution in [0.4, 0.5) is 5.82 Å². The van der Waals surface area contributed by atoms with Crippen LogP contribution in [0.25, 0.3) is 0 Å². The largest absolute Gasteiger partial charge is 0.311 e. The minimum atomic E-state index is 0.0870. The molecule has 2 bridgehead atoms. The van der Waals surface area contributed by atoms with Crippen molar-refractivity contribution in [1.29, 1.82) is 0 Å². The molecule has 0 spiro atoms. The lowest BCUT2D eigenvalue weighted by molar-refractivity contribution is -0.117. The summed E-state index contributed by atoms with van der Waals surface area (Å²) < 4.78 is 1.90. The van der Waals surface area contributed by atoms with Crippen LogP contribution in [-0.4, -0.2) is 27.8 Å². The molecule has 25 heavy (non-hydrogen) atoms. The van der Waals surface area contributed by atoms with E-state index in [-0.39, 0.29) is 11.9 Å². The topological polar surface area (TPSA) is 59.0 Å². The first-order valence-corrected chi connectivity index (χ1v) is 9.33. The van der Waals surface area contributed by atoms with Gasteiger partial charge in [0.2, 0.25) is 5.91 Å². The number of carbonyl (C=O) groups is 1. The third kappa shape index (κ3) is 3.76. The van der Waals surface area contributed by atoms with Gasteiger partial charge in [0.1, 0.15) is 0 Å². The van der Waals surface area contributed by atoms with Crippen LogP contribution < -0.4 is 10.6 Å². The second-order valence-electron chi connectivity index (χ2n) is 7.50. The van der Waals surface area contributed by atoms with Crippen molar-refractivity contribution in [3.8, 4) is 0 Å². The molecular weight excluding hydrogens is 312 g/mol. The molecule has 1 amide bonds. The van der Waals surface area contributed by atoms with Gasteiger partial charge >= 0.3 is 0 Å². The maximum Gasteiger partial charge on any atom is 0.225 e. The van der Waals surface area contributed by atoms with Gasteiger partial charge in [-0.05, 0) is 44.1 Å². The molecule has 0 saturated carbocycles. The number of nitrogens with one attached hydrogen (secondary N) is 2. The number of amides is 1. The molecule has 0 aliphatic carbocycles. The summed E-state index contributed by atoms with van der Waals surface area (Å²) in [5.74, 6) is 1.23. The second kappa shape index (κ2) is 7.00. The van der Waals surface area contributed by atoms with Crippen LogP contribution in [0, 0.1) is 5.92 Å². The molecule has 3 heterocycles. The summed E-state index contributed by atoms with van der Waals surface area (Å²) in [4.78, 5) is 12.4. The molecule has 4 rings (SSSR count). The molecule has 132 valence electrons. The van der Waals surface area contributed by atoms with Crippen molar-refractivity contribution in [3.63, 3.8) is 0 Å². The first-order valence-electron chi connectivity index (χ1n) is 9.33. The molecule has 1 aromatic heterocycles. The zero-order valence-corrected chi connectivity index (χ0v) is 14.7. The highest BCUT2D eigenvalue weighted by atomic mass is 16.1. The Labute approximate surface area is 148 Å². The van der Waals surface area contributed by atoms with E-state index in [4.69, 9.17) is 0 Å². The molecule has 2 fully saturated rings. The molecular formula is C20H26N4O. The summed E-state index contributed by atoms with van der Waals surface area (Å²) >= 11 is 0. The Morgan fingerprint density at radius 2 is 1.96 bits per heavy atom. The van der Waals surface area contributed by atoms with E-state index < -0.39 is 0 Å². The summed E-state index contributed by atoms with van der Waals surface area (Å²) in [6, 6.07) is 13.5. The third-order valence-electron chi connectivity index (χ3n) is 5.60. The molecule has 5 nitrogen and oxygen atoms in total. The number of nitrogens with zero attached hydrogens (tertiary/aromatic N) is 2. The molecule has 2 N–H and O–H groups in total. The van der Waals surface area contributed by atoms with E-state index in [9.17, 15) is 4.79 Å². The van der Waals surface area contributed by atoms with E-state index >= 15 is 0 Å². The second-order valence-corrected chi connectivity index (χ2v) is 7.50. The summed E-state index contributed by atoms with van der Waals surface area (Å²) in [7, 11) is 0. The number of piperidine rings is 1. The Kier molecular flexibility index (Phi) is 4.57. The number of anilines is 1. The monoisotopic (exact) mass is 338 g/mol. The molecule has 5 heteroatoms. The fraction of sp³-hybridized carbons (Fsp3) is 0.500. The van der Waals surface area contributed by atoms with Crippen molar-refractivity contribution in [2.45, 2.75) is 57.2 Å². The van der Waals surface area contributed by atoms with E-state index in [0.717, 1.165) is 12.8 Å². The van der Waals surface area contributed by atoms with Crippen LogP contribution in [0.3, 0.4) is 0 Å². The highest BCUT2D eigenvalue weighted by Crippen LogP contribution is 2.32. The standard InChI is InChI=1S/C20H26N4O/c1-14(16-5-3-2-4-6-16)24-10-9-19(23-24)22-20(25)13-15-11-17-7-8-18(12-15)21-17/h2-6,9-10,14-15,17-18,21H,7-8,11-13H2,1H3,(H,22,23,25)/t14-,15?,17-,18+/m1/s1. The van der Waals surface area contributed by atoms with Crippen molar-refractivity contribution in [3.05, 3.63) is 48.2 Å². The molecule has 2 aliphatic heterocycles. The van der Waals surface area contributed by atoms with E-state index in [0.29, 0.717) is 30.2 Å². The fourth-order valence-electron chi connectivity index (χ4n) is 4.30. The minimum Gasteiger partial charge on any atom is -0.311 e. The molecule has 1 unspecified atom stereocenters. The smallest absolute Gasteiger partial charge is 0.225 e. The van der Waals surface area contributed by atoms with Crippen LogP contribution in [-0.2, 0) is 4.79 Å². The van der Waals surface area contributed by atoms with Gasteiger partial charge in [0.05, 0.1) is 6.04 Å². The normalized spacial score (nSPS) is 26.4. The molecule has 1 aromatic carbocycles. The first kappa shape index (κ1) is 16.3. The van der Waals surface area contributed by atoms with Gasteiger partial charge in [0.25, 0.3) is 0 Å². The number of hydrogen-bond acceptors (Lipinski definition) is 3. The SMILES string of the molecule is C[C@H](c1ccccc1)n1ccc(NC(=O)CC2C[C@H]3CC[C@@H](C2)N3)n1. The van der Waals surface area contributed by atoms with Gasteiger partial charge in [0.15, 0.2) is 5.82 Å². The quantitative estimate of drug-likeness (QED) is 0.879. The Morgan fingerprint density at radius 1 is 1.24 bits per heavy atom. The molecule has 4 atom stereocenters. The Bertz CT molecular complexity index is 714. The predicted molar refractivity (Wildman–Crippen MR) is 98.4 cm³/mol. The number of benzene rings is 1. The van der Waals surface area contributed by atoms with E-state index in [1.54, 1.807) is 0 Å². The van der Waals surface area contributed by atoms with Crippen molar-refractivity contribution in [2.24, 2.45) is 5.92 Å². The Balaban J connectivity index is 1.34. The number of hydrogen-bond donors (Lipinski definition) is 2. The van der Waals surface area contributed by atoms with Gasteiger partial charge < -0.3 is 10.6 Å². The van der Waals surface area contributed by atoms with Crippen LogP contribution in [0.1, 0.15) is 50.6 Å². The number of fused-ring (bicyclic) bond motifs is 2. The summed E-state index contributed by atoms with van der Waals surface area (Å²) in [6.45, 7) is 2.11. The maximum atomic E-state index is 12.4. The summed E-state index contributed by atoms with van der Waals surface area (Å²) in [5.41, 5.74) is 1.20. The molecule has 0 radical (unpaired) electrons. The van der Waals surface area contributed by atoms with Crippen molar-refractivity contribution < 1.29 is 4.79 Å². The number of aromatic nitrogens is 2. The number of rotatable bonds is 5. The molecule has 2 aliphatic rings. The maximum absolute atomic E-state index is 12.4. The highest BCUT2D eigenvalue weighted by molar-refractivity contribution is 5.89. The average molecular weight is 338 g/mol. The van der Waals surface area contributed by atoms with Crippen molar-refractivity contribution >= 4 is 11.7 Å². The van der Waals surface area contributed by atoms with Gasteiger partial charge in [-0.15, -0.1) is 0 Å². The van der Waals surface area contributed by atoms with E-state index in [1.807, 2.05) is 35.1 Å². The fourth-order valence-corrected chi connectivity index (χ4v) is 4.30. The van der Waals surface area contributed by atoms with Crippen LogP contribution >= 0.6 is 0 Å². The summed E-state index contributed by atoms with van der Waals surface area (Å²) in [5, 5.41) is 11.1. The van der Waals surface area contributed by atoms with Gasteiger partial charge in [-0.3, -0.25) is 9.48 Å². The lowest BCUT2D eigenvalue weighted by Gasteiger charge is -2.28. The molecule has 2 aromatic rings. The van der Waals surface area contributed by atoms with Crippen molar-refractivity contribution in [1.82, 2.24) is 15.1 Å². The number of carbonyl (C=O) groups excluding carboxylic acids is 1. The Hall–Kier alpha value is -2.14. The van der Waals surface area contributed by atoms with Crippen molar-refractivity contribution in [2.75, 3.05) is 5.32 Å².